The van der Waals surface area contributed by atoms with Gasteiger partial charge in [-0.3, -0.25) is 4.79 Å². The zero-order valence-electron chi connectivity index (χ0n) is 15.4. The number of halogens is 4. The minimum atomic E-state index is -4.71. The number of carbonyl (C=O) groups excluding carboxylic acids is 1. The van der Waals surface area contributed by atoms with Crippen molar-refractivity contribution in [1.82, 2.24) is 19.9 Å². The minimum Gasteiger partial charge on any atom is -0.344 e. The molecule has 1 aromatic carbocycles. The molecule has 0 aliphatic carbocycles. The maximum Gasteiger partial charge on any atom is 0.433 e. The highest BCUT2D eigenvalue weighted by Crippen LogP contribution is 2.35. The van der Waals surface area contributed by atoms with Crippen molar-refractivity contribution in [3.8, 4) is 10.6 Å². The normalized spacial score (nSPS) is 12.8. The van der Waals surface area contributed by atoms with Gasteiger partial charge >= 0.3 is 6.18 Å². The summed E-state index contributed by atoms with van der Waals surface area (Å²) in [6.45, 7) is 1.76. The number of thiophene rings is 1. The molecule has 3 aromatic heterocycles. The highest BCUT2D eigenvalue weighted by Gasteiger charge is 2.37. The second-order valence-electron chi connectivity index (χ2n) is 6.51. The molecule has 0 saturated heterocycles. The molecule has 0 unspecified atom stereocenters. The number of nitrogens with zero attached hydrogens (tertiary/aromatic N) is 3. The monoisotopic (exact) mass is 450 g/mol. The lowest BCUT2D eigenvalue weighted by molar-refractivity contribution is -0.142. The van der Waals surface area contributed by atoms with E-state index >= 15 is 0 Å². The molecule has 10 heteroatoms. The van der Waals surface area contributed by atoms with Crippen molar-refractivity contribution >= 4 is 34.5 Å². The zero-order chi connectivity index (χ0) is 21.5. The van der Waals surface area contributed by atoms with Gasteiger partial charge in [-0.2, -0.15) is 18.3 Å². The summed E-state index contributed by atoms with van der Waals surface area (Å²) in [7, 11) is 0. The molecule has 0 bridgehead atoms. The molecular formula is C20H14ClF3N4OS. The molecule has 0 spiro atoms. The number of nitrogens with one attached hydrogen (secondary N) is 1. The molecule has 0 radical (unpaired) electrons. The van der Waals surface area contributed by atoms with Gasteiger partial charge in [-0.1, -0.05) is 48.0 Å². The summed E-state index contributed by atoms with van der Waals surface area (Å²) in [5, 5.41) is 8.04. The van der Waals surface area contributed by atoms with Crippen LogP contribution in [0.2, 0.25) is 5.02 Å². The molecule has 4 aromatic rings. The second kappa shape index (κ2) is 7.73. The van der Waals surface area contributed by atoms with Gasteiger partial charge in [-0.15, -0.1) is 11.3 Å². The van der Waals surface area contributed by atoms with E-state index in [1.54, 1.807) is 24.4 Å². The number of rotatable bonds is 4. The van der Waals surface area contributed by atoms with E-state index in [-0.39, 0.29) is 22.1 Å². The number of benzene rings is 1. The fourth-order valence-electron chi connectivity index (χ4n) is 2.98. The maximum absolute atomic E-state index is 13.7. The molecule has 0 saturated carbocycles. The van der Waals surface area contributed by atoms with Gasteiger partial charge < -0.3 is 5.32 Å². The summed E-state index contributed by atoms with van der Waals surface area (Å²) in [4.78, 5) is 17.5. The third-order valence-corrected chi connectivity index (χ3v) is 5.70. The third-order valence-electron chi connectivity index (χ3n) is 4.46. The number of alkyl halides is 3. The Morgan fingerprint density at radius 3 is 2.57 bits per heavy atom. The third kappa shape index (κ3) is 3.78. The lowest BCUT2D eigenvalue weighted by Crippen LogP contribution is -2.27. The van der Waals surface area contributed by atoms with Gasteiger partial charge in [-0.25, -0.2) is 9.50 Å². The number of hydrogen-bond acceptors (Lipinski definition) is 4. The zero-order valence-corrected chi connectivity index (χ0v) is 17.0. The lowest BCUT2D eigenvalue weighted by Gasteiger charge is -2.13. The molecule has 154 valence electrons. The number of aromatic nitrogens is 3. The quantitative estimate of drug-likeness (QED) is 0.439. The number of fused-ring (bicyclic) bond motifs is 1. The number of amides is 1. The van der Waals surface area contributed by atoms with Crippen LogP contribution in [0.15, 0.2) is 53.9 Å². The Labute approximate surface area is 178 Å². The summed E-state index contributed by atoms with van der Waals surface area (Å²) >= 11 is 7.51. The van der Waals surface area contributed by atoms with E-state index in [1.165, 1.54) is 11.3 Å². The van der Waals surface area contributed by atoms with Crippen molar-refractivity contribution in [2.45, 2.75) is 19.1 Å². The molecule has 0 aliphatic rings. The van der Waals surface area contributed by atoms with Gasteiger partial charge in [0, 0.05) is 0 Å². The molecule has 1 amide bonds. The standard InChI is InChI=1S/C20H14ClF3N4OS/c1-11(12-6-3-2-4-7-12)25-19(29)17-16(21)18-26-13(14-8-5-9-30-14)10-15(20(22,23)24)28(18)27-17/h2-11H,1H3,(H,25,29)/t11-/m1/s1. The van der Waals surface area contributed by atoms with Crippen molar-refractivity contribution in [1.29, 1.82) is 0 Å². The fourth-order valence-corrected chi connectivity index (χ4v) is 3.91. The lowest BCUT2D eigenvalue weighted by atomic mass is 10.1. The molecule has 4 rings (SSSR count). The highest BCUT2D eigenvalue weighted by molar-refractivity contribution is 7.13. The average molecular weight is 451 g/mol. The molecule has 5 nitrogen and oxygen atoms in total. The highest BCUT2D eigenvalue weighted by atomic mass is 35.5. The molecular weight excluding hydrogens is 437 g/mol. The van der Waals surface area contributed by atoms with Crippen molar-refractivity contribution in [3.05, 3.63) is 75.9 Å². The number of carbonyl (C=O) groups is 1. The summed E-state index contributed by atoms with van der Waals surface area (Å²) < 4.78 is 41.6. The van der Waals surface area contributed by atoms with Crippen LogP contribution < -0.4 is 5.32 Å². The van der Waals surface area contributed by atoms with Crippen LogP contribution in [0.25, 0.3) is 16.2 Å². The molecule has 30 heavy (non-hydrogen) atoms. The van der Waals surface area contributed by atoms with Crippen LogP contribution in [0.3, 0.4) is 0 Å². The van der Waals surface area contributed by atoms with E-state index in [4.69, 9.17) is 11.6 Å². The number of hydrogen-bond donors (Lipinski definition) is 1. The minimum absolute atomic E-state index is 0.108. The van der Waals surface area contributed by atoms with Gasteiger partial charge in [0.15, 0.2) is 17.0 Å². The van der Waals surface area contributed by atoms with E-state index in [0.29, 0.717) is 9.39 Å². The van der Waals surface area contributed by atoms with Crippen LogP contribution in [-0.4, -0.2) is 20.5 Å². The van der Waals surface area contributed by atoms with Crippen LogP contribution >= 0.6 is 22.9 Å². The second-order valence-corrected chi connectivity index (χ2v) is 7.83. The molecule has 0 aliphatic heterocycles. The summed E-state index contributed by atoms with van der Waals surface area (Å²) in [5.41, 5.74) is -0.669. The van der Waals surface area contributed by atoms with E-state index < -0.39 is 23.8 Å². The Bertz CT molecular complexity index is 1210. The summed E-state index contributed by atoms with van der Waals surface area (Å²) in [5.74, 6) is -0.687. The van der Waals surface area contributed by atoms with Crippen LogP contribution in [-0.2, 0) is 6.18 Å². The van der Waals surface area contributed by atoms with E-state index in [0.717, 1.165) is 11.6 Å². The SMILES string of the molecule is C[C@@H](NC(=O)c1nn2c(C(F)(F)F)cc(-c3cccs3)nc2c1Cl)c1ccccc1. The fraction of sp³-hybridized carbons (Fsp3) is 0.150. The first-order valence-electron chi connectivity index (χ1n) is 8.82. The smallest absolute Gasteiger partial charge is 0.344 e. The average Bonchev–Trinajstić information content (AvgIpc) is 3.36. The van der Waals surface area contributed by atoms with Crippen molar-refractivity contribution in [3.63, 3.8) is 0 Å². The Morgan fingerprint density at radius 2 is 1.93 bits per heavy atom. The van der Waals surface area contributed by atoms with Gasteiger partial charge in [0.1, 0.15) is 5.02 Å². The largest absolute Gasteiger partial charge is 0.433 e. The molecule has 0 fully saturated rings. The van der Waals surface area contributed by atoms with Crippen LogP contribution in [0, 0.1) is 0 Å². The summed E-state index contributed by atoms with van der Waals surface area (Å²) in [6.07, 6.45) is -4.71. The Kier molecular flexibility index (Phi) is 5.25. The Morgan fingerprint density at radius 1 is 1.20 bits per heavy atom. The van der Waals surface area contributed by atoms with E-state index in [9.17, 15) is 18.0 Å². The maximum atomic E-state index is 13.7. The van der Waals surface area contributed by atoms with Gasteiger partial charge in [0.2, 0.25) is 0 Å². The first-order chi connectivity index (χ1) is 14.3. The van der Waals surface area contributed by atoms with Crippen LogP contribution in [0.5, 0.6) is 0 Å². The molecule has 1 atom stereocenters. The van der Waals surface area contributed by atoms with Crippen molar-refractivity contribution in [2.75, 3.05) is 0 Å². The van der Waals surface area contributed by atoms with Crippen LogP contribution in [0.1, 0.15) is 34.7 Å². The van der Waals surface area contributed by atoms with E-state index in [2.05, 4.69) is 15.4 Å². The Balaban J connectivity index is 1.78. The van der Waals surface area contributed by atoms with Gasteiger partial charge in [0.25, 0.3) is 5.91 Å². The van der Waals surface area contributed by atoms with Crippen molar-refractivity contribution in [2.24, 2.45) is 0 Å². The first kappa shape index (κ1) is 20.4. The predicted octanol–water partition coefficient (Wildman–Crippen LogP) is 5.62. The van der Waals surface area contributed by atoms with Gasteiger partial charge in [-0.05, 0) is 30.0 Å². The Hall–Kier alpha value is -2.91. The van der Waals surface area contributed by atoms with Crippen molar-refractivity contribution < 1.29 is 18.0 Å². The summed E-state index contributed by atoms with van der Waals surface area (Å²) in [6, 6.07) is 13.0. The topological polar surface area (TPSA) is 59.3 Å². The predicted molar refractivity (Wildman–Crippen MR) is 109 cm³/mol. The van der Waals surface area contributed by atoms with E-state index in [1.807, 2.05) is 30.3 Å². The molecule has 1 N–H and O–H groups in total. The molecule has 3 heterocycles. The first-order valence-corrected chi connectivity index (χ1v) is 10.1. The van der Waals surface area contributed by atoms with Gasteiger partial charge in [0.05, 0.1) is 16.6 Å². The van der Waals surface area contributed by atoms with Crippen LogP contribution in [0.4, 0.5) is 13.2 Å².